The fourth-order valence-electron chi connectivity index (χ4n) is 2.14. The molecule has 0 radical (unpaired) electrons. The molecule has 3 aromatic rings. The summed E-state index contributed by atoms with van der Waals surface area (Å²) in [5.74, 6) is 0.783. The number of hydrogen-bond acceptors (Lipinski definition) is 4. The van der Waals surface area contributed by atoms with Crippen LogP contribution in [0.2, 0.25) is 5.02 Å². The molecule has 0 aliphatic carbocycles. The summed E-state index contributed by atoms with van der Waals surface area (Å²) >= 11 is 7.36. The van der Waals surface area contributed by atoms with Gasteiger partial charge in [-0.2, -0.15) is 4.37 Å². The van der Waals surface area contributed by atoms with E-state index in [1.165, 1.54) is 17.1 Å². The minimum absolute atomic E-state index is 0.0239. The van der Waals surface area contributed by atoms with Gasteiger partial charge in [-0.15, -0.1) is 0 Å². The Bertz CT molecular complexity index is 710. The standard InChI is InChI=1S/C16H14ClN3S/c1-11-18-16(21-20-11)19-15(12-5-3-2-4-6-12)13-7-9-14(17)10-8-13/h2-10,15H,1H3,(H,18,19,20). The van der Waals surface area contributed by atoms with E-state index in [0.717, 1.165) is 21.5 Å². The molecule has 0 spiro atoms. The van der Waals surface area contributed by atoms with Crippen LogP contribution in [0.3, 0.4) is 0 Å². The summed E-state index contributed by atoms with van der Waals surface area (Å²) in [6.45, 7) is 1.89. The van der Waals surface area contributed by atoms with Crippen molar-refractivity contribution in [2.24, 2.45) is 0 Å². The van der Waals surface area contributed by atoms with Gasteiger partial charge in [0.15, 0.2) is 0 Å². The van der Waals surface area contributed by atoms with Gasteiger partial charge < -0.3 is 5.32 Å². The van der Waals surface area contributed by atoms with Crippen LogP contribution in [-0.2, 0) is 0 Å². The fraction of sp³-hybridized carbons (Fsp3) is 0.125. The molecule has 3 rings (SSSR count). The molecule has 1 aromatic heterocycles. The number of aromatic nitrogens is 2. The lowest BCUT2D eigenvalue weighted by atomic mass is 9.99. The lowest BCUT2D eigenvalue weighted by Crippen LogP contribution is -2.12. The molecule has 0 aliphatic heterocycles. The van der Waals surface area contributed by atoms with Crippen molar-refractivity contribution in [3.8, 4) is 0 Å². The molecule has 5 heteroatoms. The van der Waals surface area contributed by atoms with Gasteiger partial charge in [0.25, 0.3) is 0 Å². The quantitative estimate of drug-likeness (QED) is 0.758. The Labute approximate surface area is 132 Å². The van der Waals surface area contributed by atoms with Crippen LogP contribution in [0.25, 0.3) is 0 Å². The summed E-state index contributed by atoms with van der Waals surface area (Å²) in [6.07, 6.45) is 0. The Morgan fingerprint density at radius 1 is 1.00 bits per heavy atom. The molecule has 2 aromatic carbocycles. The van der Waals surface area contributed by atoms with Crippen LogP contribution >= 0.6 is 23.1 Å². The van der Waals surface area contributed by atoms with Crippen molar-refractivity contribution in [1.82, 2.24) is 9.36 Å². The van der Waals surface area contributed by atoms with Crippen LogP contribution in [0.1, 0.15) is 23.0 Å². The highest BCUT2D eigenvalue weighted by atomic mass is 35.5. The molecule has 0 fully saturated rings. The zero-order chi connectivity index (χ0) is 14.7. The Balaban J connectivity index is 1.96. The molecule has 1 N–H and O–H groups in total. The predicted molar refractivity (Wildman–Crippen MR) is 88.0 cm³/mol. The minimum atomic E-state index is 0.0239. The van der Waals surface area contributed by atoms with Gasteiger partial charge in [0.2, 0.25) is 5.13 Å². The number of hydrogen-bond donors (Lipinski definition) is 1. The zero-order valence-corrected chi connectivity index (χ0v) is 13.0. The summed E-state index contributed by atoms with van der Waals surface area (Å²) in [5, 5.41) is 5.00. The first kappa shape index (κ1) is 14.0. The summed E-state index contributed by atoms with van der Waals surface area (Å²) in [7, 11) is 0. The molecule has 1 atom stereocenters. The summed E-state index contributed by atoms with van der Waals surface area (Å²) in [4.78, 5) is 4.39. The molecule has 0 bridgehead atoms. The van der Waals surface area contributed by atoms with E-state index in [9.17, 15) is 0 Å². The number of rotatable bonds is 4. The molecule has 1 heterocycles. The lowest BCUT2D eigenvalue weighted by Gasteiger charge is -2.19. The van der Waals surface area contributed by atoms with Crippen molar-refractivity contribution >= 4 is 28.3 Å². The number of benzene rings is 2. The average molecular weight is 316 g/mol. The predicted octanol–water partition coefficient (Wildman–Crippen LogP) is 4.70. The maximum atomic E-state index is 5.99. The van der Waals surface area contributed by atoms with Crippen LogP contribution in [-0.4, -0.2) is 9.36 Å². The highest BCUT2D eigenvalue weighted by Gasteiger charge is 2.15. The second kappa shape index (κ2) is 6.24. The maximum absolute atomic E-state index is 5.99. The summed E-state index contributed by atoms with van der Waals surface area (Å²) < 4.78 is 4.22. The first-order valence-electron chi connectivity index (χ1n) is 6.59. The first-order chi connectivity index (χ1) is 10.2. The van der Waals surface area contributed by atoms with Gasteiger partial charge in [-0.25, -0.2) is 4.98 Å². The van der Waals surface area contributed by atoms with E-state index in [1.54, 1.807) is 0 Å². The van der Waals surface area contributed by atoms with Crippen molar-refractivity contribution in [2.45, 2.75) is 13.0 Å². The van der Waals surface area contributed by atoms with Gasteiger partial charge in [-0.1, -0.05) is 54.1 Å². The first-order valence-corrected chi connectivity index (χ1v) is 7.75. The third kappa shape index (κ3) is 3.40. The van der Waals surface area contributed by atoms with Crippen molar-refractivity contribution in [3.63, 3.8) is 0 Å². The molecule has 3 nitrogen and oxygen atoms in total. The summed E-state index contributed by atoms with van der Waals surface area (Å²) in [6, 6.07) is 18.2. The third-order valence-electron chi connectivity index (χ3n) is 3.13. The number of halogens is 1. The highest BCUT2D eigenvalue weighted by Crippen LogP contribution is 2.28. The molecule has 0 saturated heterocycles. The van der Waals surface area contributed by atoms with E-state index in [1.807, 2.05) is 49.4 Å². The van der Waals surface area contributed by atoms with E-state index in [2.05, 4.69) is 26.8 Å². The normalized spacial score (nSPS) is 12.1. The molecule has 21 heavy (non-hydrogen) atoms. The van der Waals surface area contributed by atoms with E-state index < -0.39 is 0 Å². The SMILES string of the molecule is Cc1nsc(NC(c2ccccc2)c2ccc(Cl)cc2)n1. The van der Waals surface area contributed by atoms with Crippen molar-refractivity contribution in [3.05, 3.63) is 76.6 Å². The van der Waals surface area contributed by atoms with Crippen LogP contribution in [0.4, 0.5) is 5.13 Å². The Morgan fingerprint density at radius 3 is 2.29 bits per heavy atom. The number of nitrogens with zero attached hydrogens (tertiary/aromatic N) is 2. The largest absolute Gasteiger partial charge is 0.349 e. The van der Waals surface area contributed by atoms with Gasteiger partial charge in [0.05, 0.1) is 6.04 Å². The highest BCUT2D eigenvalue weighted by molar-refractivity contribution is 7.09. The molecular weight excluding hydrogens is 302 g/mol. The Hall–Kier alpha value is -1.91. The van der Waals surface area contributed by atoms with Crippen LogP contribution < -0.4 is 5.32 Å². The van der Waals surface area contributed by atoms with Gasteiger partial charge >= 0.3 is 0 Å². The third-order valence-corrected chi connectivity index (χ3v) is 4.12. The van der Waals surface area contributed by atoms with Crippen LogP contribution in [0.15, 0.2) is 54.6 Å². The molecule has 0 saturated carbocycles. The smallest absolute Gasteiger partial charge is 0.203 e. The topological polar surface area (TPSA) is 37.8 Å². The molecular formula is C16H14ClN3S. The Morgan fingerprint density at radius 2 is 1.67 bits per heavy atom. The maximum Gasteiger partial charge on any atom is 0.203 e. The molecule has 1 unspecified atom stereocenters. The van der Waals surface area contributed by atoms with Gasteiger partial charge in [0, 0.05) is 16.6 Å². The van der Waals surface area contributed by atoms with Crippen LogP contribution in [0.5, 0.6) is 0 Å². The molecule has 0 aliphatic rings. The average Bonchev–Trinajstić information content (AvgIpc) is 2.92. The zero-order valence-electron chi connectivity index (χ0n) is 11.5. The van der Waals surface area contributed by atoms with Crippen LogP contribution in [0, 0.1) is 6.92 Å². The van der Waals surface area contributed by atoms with E-state index in [-0.39, 0.29) is 6.04 Å². The fourth-order valence-corrected chi connectivity index (χ4v) is 2.87. The van der Waals surface area contributed by atoms with E-state index >= 15 is 0 Å². The minimum Gasteiger partial charge on any atom is -0.349 e. The number of anilines is 1. The molecule has 0 amide bonds. The van der Waals surface area contributed by atoms with E-state index in [0.29, 0.717) is 0 Å². The second-order valence-electron chi connectivity index (χ2n) is 4.69. The monoisotopic (exact) mass is 315 g/mol. The number of nitrogens with one attached hydrogen (secondary N) is 1. The summed E-state index contributed by atoms with van der Waals surface area (Å²) in [5.41, 5.74) is 2.31. The van der Waals surface area contributed by atoms with Gasteiger partial charge in [0.1, 0.15) is 5.82 Å². The molecule has 106 valence electrons. The second-order valence-corrected chi connectivity index (χ2v) is 5.87. The van der Waals surface area contributed by atoms with Crippen molar-refractivity contribution < 1.29 is 0 Å². The lowest BCUT2D eigenvalue weighted by molar-refractivity contribution is 0.932. The van der Waals surface area contributed by atoms with Gasteiger partial charge in [-0.3, -0.25) is 0 Å². The van der Waals surface area contributed by atoms with E-state index in [4.69, 9.17) is 11.6 Å². The number of aryl methyl sites for hydroxylation is 1. The Kier molecular flexibility index (Phi) is 4.18. The van der Waals surface area contributed by atoms with Crippen molar-refractivity contribution in [1.29, 1.82) is 0 Å². The van der Waals surface area contributed by atoms with Gasteiger partial charge in [-0.05, 0) is 30.2 Å². The van der Waals surface area contributed by atoms with Crippen molar-refractivity contribution in [2.75, 3.05) is 5.32 Å².